The maximum atomic E-state index is 12.4. The molecule has 1 fully saturated rings. The third-order valence-corrected chi connectivity index (χ3v) is 4.51. The molecule has 1 aromatic carbocycles. The summed E-state index contributed by atoms with van der Waals surface area (Å²) < 4.78 is 5.10. The maximum absolute atomic E-state index is 12.4. The van der Waals surface area contributed by atoms with Gasteiger partial charge < -0.3 is 15.0 Å². The van der Waals surface area contributed by atoms with Crippen LogP contribution in [0.25, 0.3) is 0 Å². The fourth-order valence-electron chi connectivity index (χ4n) is 3.04. The lowest BCUT2D eigenvalue weighted by molar-refractivity contribution is -0.130. The Balaban J connectivity index is 1.89. The fraction of sp³-hybridized carbons (Fsp3) is 0.579. The Morgan fingerprint density at radius 1 is 1.38 bits per heavy atom. The summed E-state index contributed by atoms with van der Waals surface area (Å²) in [7, 11) is 1.62. The number of unbranched alkanes of at least 4 members (excludes halogenated alkanes) is 1. The van der Waals surface area contributed by atoms with Gasteiger partial charge in [0, 0.05) is 25.8 Å². The zero-order chi connectivity index (χ0) is 17.5. The van der Waals surface area contributed by atoms with Gasteiger partial charge in [-0.2, -0.15) is 0 Å². The van der Waals surface area contributed by atoms with E-state index in [1.54, 1.807) is 12.0 Å². The number of rotatable bonds is 8. The standard InChI is InChI=1S/C19H28N2O3/c1-4-5-6-15-7-9-17(10-8-15)20-19(23)16-11-18(22)21(12-16)14(2)13-24-3/h7-10,14,16H,4-6,11-13H2,1-3H3,(H,20,23)/t14-,16+/m0/s1. The van der Waals surface area contributed by atoms with Gasteiger partial charge in [0.15, 0.2) is 0 Å². The predicted molar refractivity (Wildman–Crippen MR) is 94.8 cm³/mol. The summed E-state index contributed by atoms with van der Waals surface area (Å²) in [4.78, 5) is 26.3. The highest BCUT2D eigenvalue weighted by Gasteiger charge is 2.36. The molecule has 0 spiro atoms. The molecule has 132 valence electrons. The molecule has 0 aliphatic carbocycles. The molecule has 1 saturated heterocycles. The van der Waals surface area contributed by atoms with Crippen LogP contribution in [0, 0.1) is 5.92 Å². The molecular formula is C19H28N2O3. The number of hydrogen-bond acceptors (Lipinski definition) is 3. The first-order valence-electron chi connectivity index (χ1n) is 8.73. The molecule has 1 aromatic rings. The largest absolute Gasteiger partial charge is 0.383 e. The Labute approximate surface area is 144 Å². The number of carbonyl (C=O) groups is 2. The molecule has 0 bridgehead atoms. The van der Waals surface area contributed by atoms with Gasteiger partial charge in [0.2, 0.25) is 11.8 Å². The number of nitrogens with zero attached hydrogens (tertiary/aromatic N) is 1. The molecule has 0 radical (unpaired) electrons. The van der Waals surface area contributed by atoms with Gasteiger partial charge in [-0.05, 0) is 37.5 Å². The van der Waals surface area contributed by atoms with E-state index in [9.17, 15) is 9.59 Å². The molecule has 2 rings (SSSR count). The second-order valence-corrected chi connectivity index (χ2v) is 6.54. The van der Waals surface area contributed by atoms with Crippen LogP contribution in [0.1, 0.15) is 38.7 Å². The molecule has 5 heteroatoms. The van der Waals surface area contributed by atoms with E-state index in [4.69, 9.17) is 4.74 Å². The molecule has 5 nitrogen and oxygen atoms in total. The van der Waals surface area contributed by atoms with Gasteiger partial charge in [-0.1, -0.05) is 25.5 Å². The number of methoxy groups -OCH3 is 1. The Bertz CT molecular complexity index is 556. The third-order valence-electron chi connectivity index (χ3n) is 4.51. The molecule has 1 aliphatic rings. The maximum Gasteiger partial charge on any atom is 0.229 e. The number of amides is 2. The van der Waals surface area contributed by atoms with Crippen LogP contribution in [-0.2, 0) is 20.7 Å². The summed E-state index contributed by atoms with van der Waals surface area (Å²) >= 11 is 0. The van der Waals surface area contributed by atoms with Crippen LogP contribution < -0.4 is 5.32 Å². The van der Waals surface area contributed by atoms with E-state index in [0.29, 0.717) is 13.2 Å². The smallest absolute Gasteiger partial charge is 0.229 e. The van der Waals surface area contributed by atoms with E-state index >= 15 is 0 Å². The van der Waals surface area contributed by atoms with Crippen molar-refractivity contribution in [2.24, 2.45) is 5.92 Å². The molecule has 1 aliphatic heterocycles. The molecule has 0 aromatic heterocycles. The van der Waals surface area contributed by atoms with Crippen LogP contribution in [0.2, 0.25) is 0 Å². The minimum atomic E-state index is -0.295. The monoisotopic (exact) mass is 332 g/mol. The number of benzene rings is 1. The SMILES string of the molecule is CCCCc1ccc(NC(=O)[C@@H]2CC(=O)N([C@@H](C)COC)C2)cc1. The van der Waals surface area contributed by atoms with Crippen molar-refractivity contribution >= 4 is 17.5 Å². The van der Waals surface area contributed by atoms with E-state index in [-0.39, 0.29) is 30.2 Å². The van der Waals surface area contributed by atoms with Crippen molar-refractivity contribution in [2.75, 3.05) is 25.6 Å². The minimum absolute atomic E-state index is 0.00171. The molecule has 2 atom stereocenters. The molecule has 0 saturated carbocycles. The van der Waals surface area contributed by atoms with Crippen molar-refractivity contribution in [1.29, 1.82) is 0 Å². The number of nitrogens with one attached hydrogen (secondary N) is 1. The van der Waals surface area contributed by atoms with E-state index in [0.717, 1.165) is 12.1 Å². The first kappa shape index (κ1) is 18.5. The lowest BCUT2D eigenvalue weighted by Gasteiger charge is -2.23. The molecule has 2 amide bonds. The highest BCUT2D eigenvalue weighted by molar-refractivity contribution is 5.97. The van der Waals surface area contributed by atoms with Crippen LogP contribution in [-0.4, -0.2) is 43.0 Å². The normalized spacial score (nSPS) is 18.7. The number of ether oxygens (including phenoxy) is 1. The second-order valence-electron chi connectivity index (χ2n) is 6.54. The summed E-state index contributed by atoms with van der Waals surface area (Å²) in [5.41, 5.74) is 2.07. The Morgan fingerprint density at radius 3 is 2.71 bits per heavy atom. The molecule has 0 unspecified atom stereocenters. The summed E-state index contributed by atoms with van der Waals surface area (Å²) in [6.45, 7) is 5.06. The van der Waals surface area contributed by atoms with Crippen molar-refractivity contribution in [2.45, 2.75) is 45.6 Å². The second kappa shape index (κ2) is 8.83. The topological polar surface area (TPSA) is 58.6 Å². The van der Waals surface area contributed by atoms with Crippen LogP contribution >= 0.6 is 0 Å². The highest BCUT2D eigenvalue weighted by Crippen LogP contribution is 2.22. The zero-order valence-corrected chi connectivity index (χ0v) is 14.9. The molecule has 1 N–H and O–H groups in total. The van der Waals surface area contributed by atoms with Crippen molar-refractivity contribution in [3.05, 3.63) is 29.8 Å². The Hall–Kier alpha value is -1.88. The van der Waals surface area contributed by atoms with E-state index < -0.39 is 0 Å². The van der Waals surface area contributed by atoms with E-state index in [1.807, 2.05) is 19.1 Å². The van der Waals surface area contributed by atoms with Crippen molar-refractivity contribution in [3.63, 3.8) is 0 Å². The van der Waals surface area contributed by atoms with Gasteiger partial charge in [-0.15, -0.1) is 0 Å². The average molecular weight is 332 g/mol. The average Bonchev–Trinajstić information content (AvgIpc) is 2.96. The molecular weight excluding hydrogens is 304 g/mol. The number of carbonyl (C=O) groups excluding carboxylic acids is 2. The lowest BCUT2D eigenvalue weighted by atomic mass is 10.1. The van der Waals surface area contributed by atoms with Gasteiger partial charge in [0.1, 0.15) is 0 Å². The van der Waals surface area contributed by atoms with E-state index in [1.165, 1.54) is 18.4 Å². The highest BCUT2D eigenvalue weighted by atomic mass is 16.5. The molecule has 24 heavy (non-hydrogen) atoms. The van der Waals surface area contributed by atoms with E-state index in [2.05, 4.69) is 24.4 Å². The van der Waals surface area contributed by atoms with Gasteiger partial charge in [-0.3, -0.25) is 9.59 Å². The number of hydrogen-bond donors (Lipinski definition) is 1. The van der Waals surface area contributed by atoms with Crippen LogP contribution in [0.3, 0.4) is 0 Å². The van der Waals surface area contributed by atoms with Crippen LogP contribution in [0.15, 0.2) is 24.3 Å². The summed E-state index contributed by atoms with van der Waals surface area (Å²) in [5.74, 6) is -0.358. The Morgan fingerprint density at radius 2 is 2.08 bits per heavy atom. The van der Waals surface area contributed by atoms with Crippen LogP contribution in [0.4, 0.5) is 5.69 Å². The first-order chi connectivity index (χ1) is 11.5. The molecule has 1 heterocycles. The summed E-state index contributed by atoms with van der Waals surface area (Å²) in [6.07, 6.45) is 3.68. The minimum Gasteiger partial charge on any atom is -0.383 e. The summed E-state index contributed by atoms with van der Waals surface area (Å²) in [6, 6.07) is 7.98. The van der Waals surface area contributed by atoms with Gasteiger partial charge in [-0.25, -0.2) is 0 Å². The summed E-state index contributed by atoms with van der Waals surface area (Å²) in [5, 5.41) is 2.93. The number of aryl methyl sites for hydroxylation is 1. The Kier molecular flexibility index (Phi) is 6.79. The van der Waals surface area contributed by atoms with Gasteiger partial charge in [0.05, 0.1) is 18.6 Å². The van der Waals surface area contributed by atoms with Crippen molar-refractivity contribution in [3.8, 4) is 0 Å². The van der Waals surface area contributed by atoms with Crippen molar-refractivity contribution in [1.82, 2.24) is 4.90 Å². The third kappa shape index (κ3) is 4.81. The quantitative estimate of drug-likeness (QED) is 0.796. The lowest BCUT2D eigenvalue weighted by Crippen LogP contribution is -2.38. The number of likely N-dealkylation sites (tertiary alicyclic amines) is 1. The predicted octanol–water partition coefficient (Wildman–Crippen LogP) is 2.85. The number of anilines is 1. The first-order valence-corrected chi connectivity index (χ1v) is 8.73. The fourth-order valence-corrected chi connectivity index (χ4v) is 3.04. The van der Waals surface area contributed by atoms with Gasteiger partial charge in [0.25, 0.3) is 0 Å². The zero-order valence-electron chi connectivity index (χ0n) is 14.9. The van der Waals surface area contributed by atoms with Crippen molar-refractivity contribution < 1.29 is 14.3 Å². The van der Waals surface area contributed by atoms with Gasteiger partial charge >= 0.3 is 0 Å². The van der Waals surface area contributed by atoms with Crippen LogP contribution in [0.5, 0.6) is 0 Å².